The van der Waals surface area contributed by atoms with Crippen LogP contribution >= 0.6 is 27.3 Å². The van der Waals surface area contributed by atoms with Gasteiger partial charge in [0.1, 0.15) is 15.8 Å². The highest BCUT2D eigenvalue weighted by Crippen LogP contribution is 2.31. The molecule has 3 nitrogen and oxygen atoms in total. The lowest BCUT2D eigenvalue weighted by molar-refractivity contribution is 0.304. The van der Waals surface area contributed by atoms with Crippen LogP contribution in [0.15, 0.2) is 53.0 Å². The molecular formula is C24H29BrN2OS. The van der Waals surface area contributed by atoms with Crippen LogP contribution in [0.5, 0.6) is 5.75 Å². The lowest BCUT2D eigenvalue weighted by Crippen LogP contribution is -1.97. The summed E-state index contributed by atoms with van der Waals surface area (Å²) in [5.41, 5.74) is 2.16. The van der Waals surface area contributed by atoms with Gasteiger partial charge in [0.2, 0.25) is 0 Å². The molecule has 3 aromatic rings. The number of hydrogen-bond donors (Lipinski definition) is 0. The van der Waals surface area contributed by atoms with E-state index in [-0.39, 0.29) is 0 Å². The van der Waals surface area contributed by atoms with Gasteiger partial charge in [-0.2, -0.15) is 0 Å². The van der Waals surface area contributed by atoms with E-state index in [1.165, 1.54) is 44.9 Å². The normalized spacial score (nSPS) is 11.0. The third-order valence-corrected chi connectivity index (χ3v) is 6.43. The molecule has 1 aromatic heterocycles. The molecule has 0 bridgehead atoms. The number of hydrogen-bond acceptors (Lipinski definition) is 4. The van der Waals surface area contributed by atoms with Crippen molar-refractivity contribution in [3.63, 3.8) is 0 Å². The summed E-state index contributed by atoms with van der Waals surface area (Å²) in [5.74, 6) is 0.925. The molecule has 0 spiro atoms. The first kappa shape index (κ1) is 22.0. The summed E-state index contributed by atoms with van der Waals surface area (Å²) < 4.78 is 6.95. The van der Waals surface area contributed by atoms with E-state index in [4.69, 9.17) is 4.74 Å². The molecular weight excluding hydrogens is 444 g/mol. The molecule has 2 aromatic carbocycles. The smallest absolute Gasteiger partial charge is 0.148 e. The second kappa shape index (κ2) is 12.1. The van der Waals surface area contributed by atoms with Gasteiger partial charge in [-0.3, -0.25) is 0 Å². The van der Waals surface area contributed by atoms with Gasteiger partial charge in [-0.1, -0.05) is 91.3 Å². The minimum atomic E-state index is 0.792. The molecule has 3 rings (SSSR count). The zero-order chi connectivity index (χ0) is 20.3. The van der Waals surface area contributed by atoms with Gasteiger partial charge in [0, 0.05) is 15.6 Å². The predicted octanol–water partition coefficient (Wildman–Crippen LogP) is 8.15. The first-order valence-corrected chi connectivity index (χ1v) is 12.2. The summed E-state index contributed by atoms with van der Waals surface area (Å²) in [6.07, 6.45) is 10.5. The highest BCUT2D eigenvalue weighted by atomic mass is 79.9. The summed E-state index contributed by atoms with van der Waals surface area (Å²) in [7, 11) is 0. The van der Waals surface area contributed by atoms with Gasteiger partial charge in [0.15, 0.2) is 0 Å². The summed E-state index contributed by atoms with van der Waals surface area (Å²) in [4.78, 5) is 0. The topological polar surface area (TPSA) is 35.0 Å². The third kappa shape index (κ3) is 7.23. The molecule has 0 saturated heterocycles. The Morgan fingerprint density at radius 1 is 0.724 bits per heavy atom. The van der Waals surface area contributed by atoms with Crippen LogP contribution in [0.3, 0.4) is 0 Å². The Hall–Kier alpha value is -1.72. The van der Waals surface area contributed by atoms with E-state index < -0.39 is 0 Å². The Bertz CT molecular complexity index is 846. The van der Waals surface area contributed by atoms with E-state index in [9.17, 15) is 0 Å². The number of halogens is 1. The number of rotatable bonds is 12. The number of aromatic nitrogens is 2. The minimum Gasteiger partial charge on any atom is -0.494 e. The summed E-state index contributed by atoms with van der Waals surface area (Å²) in [6, 6.07) is 16.3. The van der Waals surface area contributed by atoms with Crippen LogP contribution in [-0.2, 0) is 0 Å². The molecule has 0 N–H and O–H groups in total. The van der Waals surface area contributed by atoms with Gasteiger partial charge in [0.25, 0.3) is 0 Å². The summed E-state index contributed by atoms with van der Waals surface area (Å²) >= 11 is 5.07. The second-order valence-corrected chi connectivity index (χ2v) is 9.16. The maximum Gasteiger partial charge on any atom is 0.148 e. The van der Waals surface area contributed by atoms with Crippen molar-refractivity contribution in [1.82, 2.24) is 10.2 Å². The van der Waals surface area contributed by atoms with Gasteiger partial charge >= 0.3 is 0 Å². The first-order chi connectivity index (χ1) is 14.3. The molecule has 0 atom stereocenters. The summed E-state index contributed by atoms with van der Waals surface area (Å²) in [6.45, 7) is 3.06. The van der Waals surface area contributed by atoms with Crippen molar-refractivity contribution >= 4 is 27.3 Å². The Morgan fingerprint density at radius 3 is 1.83 bits per heavy atom. The van der Waals surface area contributed by atoms with Gasteiger partial charge in [-0.05, 0) is 42.8 Å². The van der Waals surface area contributed by atoms with Crippen molar-refractivity contribution < 1.29 is 4.74 Å². The van der Waals surface area contributed by atoms with Crippen molar-refractivity contribution in [3.05, 3.63) is 53.0 Å². The van der Waals surface area contributed by atoms with Crippen LogP contribution < -0.4 is 4.74 Å². The number of benzene rings is 2. The lowest BCUT2D eigenvalue weighted by atomic mass is 10.1. The van der Waals surface area contributed by atoms with Crippen molar-refractivity contribution in [2.24, 2.45) is 0 Å². The quantitative estimate of drug-likeness (QED) is 0.249. The monoisotopic (exact) mass is 472 g/mol. The second-order valence-electron chi connectivity index (χ2n) is 7.27. The van der Waals surface area contributed by atoms with E-state index in [1.807, 2.05) is 24.3 Å². The largest absolute Gasteiger partial charge is 0.494 e. The van der Waals surface area contributed by atoms with Crippen LogP contribution in [0, 0.1) is 0 Å². The van der Waals surface area contributed by atoms with Gasteiger partial charge in [0.05, 0.1) is 6.61 Å². The third-order valence-electron chi connectivity index (χ3n) is 4.88. The van der Waals surface area contributed by atoms with E-state index >= 15 is 0 Å². The minimum absolute atomic E-state index is 0.792. The maximum atomic E-state index is 5.89. The number of nitrogens with zero attached hydrogens (tertiary/aromatic N) is 2. The van der Waals surface area contributed by atoms with Crippen LogP contribution in [0.4, 0.5) is 0 Å². The van der Waals surface area contributed by atoms with E-state index in [0.717, 1.165) is 44.4 Å². The molecule has 0 aliphatic heterocycles. The van der Waals surface area contributed by atoms with Crippen molar-refractivity contribution in [2.75, 3.05) is 6.61 Å². The molecule has 5 heteroatoms. The highest BCUT2D eigenvalue weighted by molar-refractivity contribution is 9.10. The van der Waals surface area contributed by atoms with Crippen molar-refractivity contribution in [2.45, 2.75) is 58.3 Å². The Kier molecular flexibility index (Phi) is 9.16. The fraction of sp³-hybridized carbons (Fsp3) is 0.417. The standard InChI is InChI=1S/C24H29BrN2OS/c1-2-3-4-5-6-7-8-9-18-28-22-16-12-20(13-17-22)24-27-26-23(29-24)19-10-14-21(25)15-11-19/h10-17H,2-9,18H2,1H3. The van der Waals surface area contributed by atoms with Crippen LogP contribution in [0.1, 0.15) is 58.3 Å². The molecule has 0 unspecified atom stereocenters. The molecule has 1 heterocycles. The van der Waals surface area contributed by atoms with Crippen LogP contribution in [-0.4, -0.2) is 16.8 Å². The average Bonchev–Trinajstić information content (AvgIpc) is 3.24. The van der Waals surface area contributed by atoms with Gasteiger partial charge < -0.3 is 4.74 Å². The van der Waals surface area contributed by atoms with Gasteiger partial charge in [-0.15, -0.1) is 10.2 Å². The molecule has 0 aliphatic rings. The SMILES string of the molecule is CCCCCCCCCCOc1ccc(-c2nnc(-c3ccc(Br)cc3)s2)cc1. The van der Waals surface area contributed by atoms with Crippen LogP contribution in [0.25, 0.3) is 21.1 Å². The maximum absolute atomic E-state index is 5.89. The molecule has 0 radical (unpaired) electrons. The van der Waals surface area contributed by atoms with Crippen molar-refractivity contribution in [3.8, 4) is 26.9 Å². The lowest BCUT2D eigenvalue weighted by Gasteiger charge is -2.06. The molecule has 154 valence electrons. The Balaban J connectivity index is 1.42. The van der Waals surface area contributed by atoms with Crippen LogP contribution in [0.2, 0.25) is 0 Å². The molecule has 0 aliphatic carbocycles. The zero-order valence-electron chi connectivity index (χ0n) is 17.1. The molecule has 0 amide bonds. The molecule has 29 heavy (non-hydrogen) atoms. The van der Waals surface area contributed by atoms with E-state index in [0.29, 0.717) is 0 Å². The average molecular weight is 473 g/mol. The predicted molar refractivity (Wildman–Crippen MR) is 127 cm³/mol. The number of ether oxygens (including phenoxy) is 1. The Labute approximate surface area is 186 Å². The molecule has 0 saturated carbocycles. The van der Waals surface area contributed by atoms with Gasteiger partial charge in [-0.25, -0.2) is 0 Å². The fourth-order valence-corrected chi connectivity index (χ4v) is 4.29. The number of unbranched alkanes of at least 4 members (excludes halogenated alkanes) is 7. The Morgan fingerprint density at radius 2 is 1.24 bits per heavy atom. The molecule has 0 fully saturated rings. The summed E-state index contributed by atoms with van der Waals surface area (Å²) in [5, 5.41) is 10.6. The zero-order valence-corrected chi connectivity index (χ0v) is 19.5. The van der Waals surface area contributed by atoms with E-state index in [2.05, 4.69) is 57.3 Å². The fourth-order valence-electron chi connectivity index (χ4n) is 3.17. The van der Waals surface area contributed by atoms with Crippen molar-refractivity contribution in [1.29, 1.82) is 0 Å². The van der Waals surface area contributed by atoms with E-state index in [1.54, 1.807) is 11.3 Å². The highest BCUT2D eigenvalue weighted by Gasteiger charge is 2.09. The first-order valence-electron chi connectivity index (χ1n) is 10.6.